The van der Waals surface area contributed by atoms with Crippen molar-refractivity contribution in [1.82, 2.24) is 0 Å². The summed E-state index contributed by atoms with van der Waals surface area (Å²) in [5.41, 5.74) is 7.63. The van der Waals surface area contributed by atoms with Gasteiger partial charge in [-0.1, -0.05) is 13.3 Å². The van der Waals surface area contributed by atoms with Gasteiger partial charge < -0.3 is 15.4 Å². The van der Waals surface area contributed by atoms with Crippen LogP contribution in [-0.2, 0) is 4.74 Å². The van der Waals surface area contributed by atoms with Crippen LogP contribution in [-0.4, -0.2) is 26.2 Å². The molecule has 1 unspecified atom stereocenters. The molecule has 2 N–H and O–H groups in total. The van der Waals surface area contributed by atoms with Crippen molar-refractivity contribution in [2.45, 2.75) is 32.7 Å². The number of hydrogen-bond acceptors (Lipinski definition) is 4. The van der Waals surface area contributed by atoms with Crippen LogP contribution in [0.4, 0.5) is 11.4 Å². The van der Waals surface area contributed by atoms with Gasteiger partial charge in [-0.25, -0.2) is 4.79 Å². The Hall–Kier alpha value is -1.71. The van der Waals surface area contributed by atoms with Crippen LogP contribution in [0, 0.1) is 0 Å². The minimum absolute atomic E-state index is 0.397. The molecule has 1 rings (SSSR count). The third-order valence-electron chi connectivity index (χ3n) is 3.22. The second kappa shape index (κ2) is 6.28. The van der Waals surface area contributed by atoms with Crippen LogP contribution in [0.3, 0.4) is 0 Å². The zero-order chi connectivity index (χ0) is 13.7. The fourth-order valence-corrected chi connectivity index (χ4v) is 1.92. The highest BCUT2D eigenvalue weighted by Gasteiger charge is 2.14. The fraction of sp³-hybridized carbons (Fsp3) is 0.500. The van der Waals surface area contributed by atoms with Gasteiger partial charge in [0.15, 0.2) is 0 Å². The Kier molecular flexibility index (Phi) is 5.01. The Labute approximate surface area is 109 Å². The summed E-state index contributed by atoms with van der Waals surface area (Å²) in [5.74, 6) is -0.397. The minimum atomic E-state index is -0.397. The maximum Gasteiger partial charge on any atom is 0.340 e. The molecule has 1 atom stereocenters. The molecule has 0 aliphatic rings. The summed E-state index contributed by atoms with van der Waals surface area (Å²) in [4.78, 5) is 13.7. The lowest BCUT2D eigenvalue weighted by molar-refractivity contribution is 0.0602. The number of nitrogens with two attached hydrogens (primary N) is 1. The number of anilines is 2. The second-order valence-corrected chi connectivity index (χ2v) is 4.51. The molecule has 0 amide bonds. The Morgan fingerprint density at radius 2 is 2.17 bits per heavy atom. The van der Waals surface area contributed by atoms with Crippen molar-refractivity contribution in [2.24, 2.45) is 0 Å². The number of nitrogens with zero attached hydrogens (tertiary/aromatic N) is 1. The summed E-state index contributed by atoms with van der Waals surface area (Å²) in [6.07, 6.45) is 2.23. The second-order valence-electron chi connectivity index (χ2n) is 4.51. The molecule has 1 aromatic rings. The average molecular weight is 250 g/mol. The molecule has 100 valence electrons. The number of carbonyl (C=O) groups excluding carboxylic acids is 1. The highest BCUT2D eigenvalue weighted by molar-refractivity contribution is 5.96. The van der Waals surface area contributed by atoms with Gasteiger partial charge in [0.1, 0.15) is 0 Å². The third kappa shape index (κ3) is 3.15. The van der Waals surface area contributed by atoms with Crippen LogP contribution < -0.4 is 10.6 Å². The van der Waals surface area contributed by atoms with Crippen molar-refractivity contribution in [3.8, 4) is 0 Å². The molecular formula is C14H22N2O2. The predicted molar refractivity (Wildman–Crippen MR) is 75.0 cm³/mol. The van der Waals surface area contributed by atoms with E-state index in [1.54, 1.807) is 12.1 Å². The number of benzene rings is 1. The number of carbonyl (C=O) groups is 1. The SMILES string of the molecule is CCCC(C)N(C)c1ccc(N)c(C(=O)OC)c1. The van der Waals surface area contributed by atoms with E-state index in [-0.39, 0.29) is 0 Å². The molecule has 0 fully saturated rings. The Bertz CT molecular complexity index is 418. The molecule has 0 aromatic heterocycles. The molecule has 0 saturated heterocycles. The summed E-state index contributed by atoms with van der Waals surface area (Å²) in [5, 5.41) is 0. The van der Waals surface area contributed by atoms with Gasteiger partial charge in [-0.2, -0.15) is 0 Å². The summed E-state index contributed by atoms with van der Waals surface area (Å²) < 4.78 is 4.72. The lowest BCUT2D eigenvalue weighted by Gasteiger charge is -2.27. The van der Waals surface area contributed by atoms with E-state index in [0.717, 1.165) is 18.5 Å². The quantitative estimate of drug-likeness (QED) is 0.645. The number of hydrogen-bond donors (Lipinski definition) is 1. The first kappa shape index (κ1) is 14.4. The van der Waals surface area contributed by atoms with E-state index < -0.39 is 5.97 Å². The number of rotatable bonds is 5. The standard InChI is InChI=1S/C14H22N2O2/c1-5-6-10(2)16(3)11-7-8-13(15)12(9-11)14(17)18-4/h7-10H,5-6,15H2,1-4H3. The highest BCUT2D eigenvalue weighted by atomic mass is 16.5. The highest BCUT2D eigenvalue weighted by Crippen LogP contribution is 2.23. The smallest absolute Gasteiger partial charge is 0.340 e. The first-order chi connectivity index (χ1) is 8.51. The number of ether oxygens (including phenoxy) is 1. The van der Waals surface area contributed by atoms with Crippen molar-refractivity contribution >= 4 is 17.3 Å². The number of methoxy groups -OCH3 is 1. The summed E-state index contributed by atoms with van der Waals surface area (Å²) >= 11 is 0. The van der Waals surface area contributed by atoms with Gasteiger partial charge in [-0.3, -0.25) is 0 Å². The van der Waals surface area contributed by atoms with Crippen molar-refractivity contribution in [1.29, 1.82) is 0 Å². The molecule has 4 heteroatoms. The molecule has 0 heterocycles. The van der Waals surface area contributed by atoms with E-state index >= 15 is 0 Å². The molecule has 0 bridgehead atoms. The van der Waals surface area contributed by atoms with E-state index in [1.165, 1.54) is 7.11 Å². The van der Waals surface area contributed by atoms with E-state index in [0.29, 0.717) is 17.3 Å². The summed E-state index contributed by atoms with van der Waals surface area (Å²) in [6, 6.07) is 5.88. The van der Waals surface area contributed by atoms with Gasteiger partial charge in [0.2, 0.25) is 0 Å². The predicted octanol–water partition coefficient (Wildman–Crippen LogP) is 2.68. The van der Waals surface area contributed by atoms with Crippen molar-refractivity contribution in [3.63, 3.8) is 0 Å². The number of esters is 1. The minimum Gasteiger partial charge on any atom is -0.465 e. The molecular weight excluding hydrogens is 228 g/mol. The number of nitrogen functional groups attached to an aromatic ring is 1. The molecule has 18 heavy (non-hydrogen) atoms. The monoisotopic (exact) mass is 250 g/mol. The molecule has 4 nitrogen and oxygen atoms in total. The average Bonchev–Trinajstić information content (AvgIpc) is 2.38. The van der Waals surface area contributed by atoms with Gasteiger partial charge in [-0.15, -0.1) is 0 Å². The van der Waals surface area contributed by atoms with Crippen molar-refractivity contribution in [3.05, 3.63) is 23.8 Å². The molecule has 0 aliphatic carbocycles. The van der Waals surface area contributed by atoms with Gasteiger partial charge in [0, 0.05) is 24.5 Å². The molecule has 0 spiro atoms. The van der Waals surface area contributed by atoms with E-state index in [2.05, 4.69) is 18.7 Å². The van der Waals surface area contributed by atoms with Crippen LogP contribution in [0.25, 0.3) is 0 Å². The fourth-order valence-electron chi connectivity index (χ4n) is 1.92. The Morgan fingerprint density at radius 1 is 1.50 bits per heavy atom. The van der Waals surface area contributed by atoms with Crippen molar-refractivity contribution < 1.29 is 9.53 Å². The van der Waals surface area contributed by atoms with Crippen LogP contribution >= 0.6 is 0 Å². The van der Waals surface area contributed by atoms with Crippen LogP contribution in [0.2, 0.25) is 0 Å². The van der Waals surface area contributed by atoms with Crippen LogP contribution in [0.5, 0.6) is 0 Å². The van der Waals surface area contributed by atoms with Crippen LogP contribution in [0.1, 0.15) is 37.0 Å². The zero-order valence-electron chi connectivity index (χ0n) is 11.6. The first-order valence-electron chi connectivity index (χ1n) is 6.21. The maximum atomic E-state index is 11.6. The van der Waals surface area contributed by atoms with E-state index in [4.69, 9.17) is 10.5 Å². The molecule has 0 saturated carbocycles. The normalized spacial score (nSPS) is 12.0. The lowest BCUT2D eigenvalue weighted by Crippen LogP contribution is -2.28. The van der Waals surface area contributed by atoms with Crippen molar-refractivity contribution in [2.75, 3.05) is 24.8 Å². The van der Waals surface area contributed by atoms with Gasteiger partial charge in [0.05, 0.1) is 12.7 Å². The molecule has 0 radical (unpaired) electrons. The van der Waals surface area contributed by atoms with Gasteiger partial charge >= 0.3 is 5.97 Å². The Morgan fingerprint density at radius 3 is 2.72 bits per heavy atom. The third-order valence-corrected chi connectivity index (χ3v) is 3.22. The summed E-state index contributed by atoms with van der Waals surface area (Å²) in [7, 11) is 3.38. The lowest BCUT2D eigenvalue weighted by atomic mass is 10.1. The molecule has 1 aromatic carbocycles. The summed E-state index contributed by atoms with van der Waals surface area (Å²) in [6.45, 7) is 4.32. The largest absolute Gasteiger partial charge is 0.465 e. The van der Waals surface area contributed by atoms with Crippen LogP contribution in [0.15, 0.2) is 18.2 Å². The van der Waals surface area contributed by atoms with Gasteiger partial charge in [0.25, 0.3) is 0 Å². The Balaban J connectivity index is 3.00. The van der Waals surface area contributed by atoms with Gasteiger partial charge in [-0.05, 0) is 31.5 Å². The van der Waals surface area contributed by atoms with E-state index in [9.17, 15) is 4.79 Å². The zero-order valence-corrected chi connectivity index (χ0v) is 11.6. The first-order valence-corrected chi connectivity index (χ1v) is 6.21. The molecule has 0 aliphatic heterocycles. The topological polar surface area (TPSA) is 55.6 Å². The van der Waals surface area contributed by atoms with E-state index in [1.807, 2.05) is 13.1 Å². The maximum absolute atomic E-state index is 11.6.